The Morgan fingerprint density at radius 3 is 2.59 bits per heavy atom. The van der Waals surface area contributed by atoms with Gasteiger partial charge in [-0.1, -0.05) is 12.1 Å². The summed E-state index contributed by atoms with van der Waals surface area (Å²) < 4.78 is 1.28. The number of amides is 1. The van der Waals surface area contributed by atoms with Crippen LogP contribution in [0.15, 0.2) is 35.1 Å². The van der Waals surface area contributed by atoms with Crippen molar-refractivity contribution in [3.05, 3.63) is 62.1 Å². The minimum atomic E-state index is -0.538. The van der Waals surface area contributed by atoms with Gasteiger partial charge in [0.1, 0.15) is 5.69 Å². The first-order chi connectivity index (χ1) is 13.4. The smallest absolute Gasteiger partial charge is 0.294 e. The lowest BCUT2D eigenvalue weighted by Crippen LogP contribution is -2.48. The lowest BCUT2D eigenvalue weighted by molar-refractivity contribution is -0.384. The minimum Gasteiger partial charge on any atom is -0.348 e. The molecule has 3 heterocycles. The second-order valence-electron chi connectivity index (χ2n) is 7.44. The van der Waals surface area contributed by atoms with Gasteiger partial charge < -0.3 is 10.6 Å². The molecule has 2 N–H and O–H groups in total. The molecule has 2 atom stereocenters. The van der Waals surface area contributed by atoms with E-state index in [4.69, 9.17) is 0 Å². The first-order valence-electron chi connectivity index (χ1n) is 9.34. The molecule has 2 unspecified atom stereocenters. The predicted molar refractivity (Wildman–Crippen MR) is 109 cm³/mol. The molecule has 10 heteroatoms. The van der Waals surface area contributed by atoms with Crippen molar-refractivity contribution < 1.29 is 9.72 Å². The first-order valence-corrected chi connectivity index (χ1v) is 9.34. The molecule has 29 heavy (non-hydrogen) atoms. The number of para-hydroxylation sites is 2. The van der Waals surface area contributed by atoms with E-state index in [9.17, 15) is 19.7 Å². The molecule has 2 fully saturated rings. The van der Waals surface area contributed by atoms with Crippen molar-refractivity contribution in [2.45, 2.75) is 50.7 Å². The molecule has 2 aliphatic heterocycles. The van der Waals surface area contributed by atoms with Crippen LogP contribution in [0.25, 0.3) is 5.69 Å². The molecule has 2 aliphatic rings. The fraction of sp³-hybridized carbons (Fsp3) is 0.421. The second-order valence-corrected chi connectivity index (χ2v) is 7.44. The van der Waals surface area contributed by atoms with Crippen molar-refractivity contribution in [3.8, 4) is 5.69 Å². The van der Waals surface area contributed by atoms with Gasteiger partial charge in [0, 0.05) is 36.0 Å². The number of halogens is 1. The van der Waals surface area contributed by atoms with E-state index < -0.39 is 16.3 Å². The number of hydrogen-bond acceptors (Lipinski definition) is 6. The molecular weight excluding hydrogens is 398 g/mol. The number of carbonyl (C=O) groups excluding carboxylic acids is 1. The molecule has 0 saturated carbocycles. The molecule has 2 bridgehead atoms. The number of rotatable bonds is 4. The Kier molecular flexibility index (Phi) is 5.99. The van der Waals surface area contributed by atoms with Gasteiger partial charge in [-0.15, -0.1) is 12.4 Å². The van der Waals surface area contributed by atoms with E-state index in [0.717, 1.165) is 25.7 Å². The van der Waals surface area contributed by atoms with E-state index in [-0.39, 0.29) is 35.5 Å². The fourth-order valence-electron chi connectivity index (χ4n) is 4.18. The van der Waals surface area contributed by atoms with Crippen LogP contribution >= 0.6 is 12.4 Å². The molecule has 1 aromatic carbocycles. The molecule has 0 spiro atoms. The Bertz CT molecular complexity index is 996. The zero-order chi connectivity index (χ0) is 19.8. The number of nitro groups is 1. The predicted octanol–water partition coefficient (Wildman–Crippen LogP) is 1.88. The monoisotopic (exact) mass is 419 g/mol. The normalized spacial score (nSPS) is 22.6. The van der Waals surface area contributed by atoms with Crippen molar-refractivity contribution in [2.75, 3.05) is 0 Å². The highest BCUT2D eigenvalue weighted by molar-refractivity contribution is 5.92. The summed E-state index contributed by atoms with van der Waals surface area (Å²) in [6, 6.07) is 8.18. The Labute approximate surface area is 173 Å². The standard InChI is InChI=1S/C19H21N5O4.ClH/c1-11-8-17(25)18(19(26)21-14-9-12-6-7-13(10-14)20-12)22-23(11)15-4-2-3-5-16(15)24(27)28;/h2-5,8,12-14,20H,6-7,9-10H2,1H3,(H,21,26);1H. The van der Waals surface area contributed by atoms with Crippen LogP contribution in [-0.2, 0) is 0 Å². The Morgan fingerprint density at radius 2 is 1.93 bits per heavy atom. The highest BCUT2D eigenvalue weighted by Gasteiger charge is 2.34. The number of fused-ring (bicyclic) bond motifs is 2. The Hall–Kier alpha value is -2.78. The maximum atomic E-state index is 12.7. The third-order valence-corrected chi connectivity index (χ3v) is 5.44. The number of carbonyl (C=O) groups is 1. The molecule has 1 aromatic heterocycles. The van der Waals surface area contributed by atoms with Crippen molar-refractivity contribution >= 4 is 24.0 Å². The topological polar surface area (TPSA) is 119 Å². The molecule has 2 saturated heterocycles. The van der Waals surface area contributed by atoms with Crippen molar-refractivity contribution in [1.29, 1.82) is 0 Å². The van der Waals surface area contributed by atoms with Gasteiger partial charge in [-0.05, 0) is 38.7 Å². The summed E-state index contributed by atoms with van der Waals surface area (Å²) in [4.78, 5) is 35.9. The Balaban J connectivity index is 0.00000240. The third-order valence-electron chi connectivity index (χ3n) is 5.44. The van der Waals surface area contributed by atoms with E-state index in [1.54, 1.807) is 19.1 Å². The molecule has 2 aromatic rings. The van der Waals surface area contributed by atoms with Crippen LogP contribution < -0.4 is 16.1 Å². The van der Waals surface area contributed by atoms with Gasteiger partial charge in [0.15, 0.2) is 5.69 Å². The number of aromatic nitrogens is 2. The van der Waals surface area contributed by atoms with Gasteiger partial charge >= 0.3 is 0 Å². The molecule has 1 amide bonds. The molecule has 0 radical (unpaired) electrons. The van der Waals surface area contributed by atoms with Crippen LogP contribution in [-0.4, -0.2) is 38.7 Å². The number of piperidine rings is 1. The average molecular weight is 420 g/mol. The van der Waals surface area contributed by atoms with E-state index in [0.29, 0.717) is 17.8 Å². The summed E-state index contributed by atoms with van der Waals surface area (Å²) in [6.45, 7) is 1.62. The fourth-order valence-corrected chi connectivity index (χ4v) is 4.18. The summed E-state index contributed by atoms with van der Waals surface area (Å²) in [5.74, 6) is -0.538. The SMILES string of the molecule is Cc1cc(=O)c(C(=O)NC2CC3CCC(C2)N3)nn1-c1ccccc1[N+](=O)[O-].Cl. The summed E-state index contributed by atoms with van der Waals surface area (Å²) in [6.07, 6.45) is 3.85. The third kappa shape index (κ3) is 4.15. The van der Waals surface area contributed by atoms with Gasteiger partial charge in [-0.3, -0.25) is 19.7 Å². The molecule has 154 valence electrons. The van der Waals surface area contributed by atoms with E-state index in [1.165, 1.54) is 22.9 Å². The number of nitrogens with one attached hydrogen (secondary N) is 2. The van der Waals surface area contributed by atoms with Gasteiger partial charge in [0.05, 0.1) is 4.92 Å². The van der Waals surface area contributed by atoms with Crippen LogP contribution in [0.2, 0.25) is 0 Å². The Morgan fingerprint density at radius 1 is 1.28 bits per heavy atom. The highest BCUT2D eigenvalue weighted by atomic mass is 35.5. The van der Waals surface area contributed by atoms with E-state index in [2.05, 4.69) is 15.7 Å². The van der Waals surface area contributed by atoms with Crippen LogP contribution in [0, 0.1) is 17.0 Å². The van der Waals surface area contributed by atoms with Crippen LogP contribution in [0.3, 0.4) is 0 Å². The lowest BCUT2D eigenvalue weighted by atomic mass is 10.00. The maximum Gasteiger partial charge on any atom is 0.294 e. The molecular formula is C19H22ClN5O4. The van der Waals surface area contributed by atoms with Gasteiger partial charge in [0.2, 0.25) is 5.43 Å². The highest BCUT2D eigenvalue weighted by Crippen LogP contribution is 2.27. The summed E-state index contributed by atoms with van der Waals surface area (Å²) in [5, 5.41) is 21.9. The second kappa shape index (κ2) is 8.30. The minimum absolute atomic E-state index is 0. The maximum absolute atomic E-state index is 12.7. The largest absolute Gasteiger partial charge is 0.348 e. The number of nitrogens with zero attached hydrogens (tertiary/aromatic N) is 3. The quantitative estimate of drug-likeness (QED) is 0.576. The molecule has 9 nitrogen and oxygen atoms in total. The number of benzene rings is 1. The van der Waals surface area contributed by atoms with Crippen molar-refractivity contribution in [3.63, 3.8) is 0 Å². The van der Waals surface area contributed by atoms with Crippen LogP contribution in [0.4, 0.5) is 5.69 Å². The first kappa shape index (κ1) is 20.9. The summed E-state index contributed by atoms with van der Waals surface area (Å²) in [7, 11) is 0. The van der Waals surface area contributed by atoms with E-state index >= 15 is 0 Å². The van der Waals surface area contributed by atoms with Gasteiger partial charge in [0.25, 0.3) is 11.6 Å². The summed E-state index contributed by atoms with van der Waals surface area (Å²) >= 11 is 0. The number of nitro benzene ring substituents is 1. The lowest BCUT2D eigenvalue weighted by Gasteiger charge is -2.29. The van der Waals surface area contributed by atoms with Crippen molar-refractivity contribution in [2.24, 2.45) is 0 Å². The molecule has 4 rings (SSSR count). The number of hydrogen-bond donors (Lipinski definition) is 2. The van der Waals surface area contributed by atoms with Gasteiger partial charge in [-0.2, -0.15) is 5.10 Å². The molecule has 0 aliphatic carbocycles. The summed E-state index contributed by atoms with van der Waals surface area (Å²) in [5.41, 5.74) is -0.283. The number of aryl methyl sites for hydroxylation is 1. The van der Waals surface area contributed by atoms with E-state index in [1.807, 2.05) is 0 Å². The van der Waals surface area contributed by atoms with Gasteiger partial charge in [-0.25, -0.2) is 4.68 Å². The zero-order valence-electron chi connectivity index (χ0n) is 15.8. The zero-order valence-corrected chi connectivity index (χ0v) is 16.6. The van der Waals surface area contributed by atoms with Crippen molar-refractivity contribution in [1.82, 2.24) is 20.4 Å². The average Bonchev–Trinajstić information content (AvgIpc) is 3.00. The van der Waals surface area contributed by atoms with Crippen LogP contribution in [0.1, 0.15) is 41.9 Å². The van der Waals surface area contributed by atoms with Crippen LogP contribution in [0.5, 0.6) is 0 Å².